The minimum absolute atomic E-state index is 0.401. The molecule has 1 aliphatic carbocycles. The van der Waals surface area contributed by atoms with Crippen LogP contribution in [0.3, 0.4) is 0 Å². The number of aromatic nitrogens is 1. The molecule has 1 unspecified atom stereocenters. The van der Waals surface area contributed by atoms with E-state index in [2.05, 4.69) is 21.7 Å². The average Bonchev–Trinajstić information content (AvgIpc) is 3.62. The first-order chi connectivity index (χ1) is 16.9. The molecule has 2 aromatic rings. The number of nitrogens with zero attached hydrogens (tertiary/aromatic N) is 3. The Morgan fingerprint density at radius 3 is 2.47 bits per heavy atom. The van der Waals surface area contributed by atoms with Crippen LogP contribution in [0.1, 0.15) is 49.6 Å². The zero-order chi connectivity index (χ0) is 26.3. The molecule has 1 aromatic heterocycles. The predicted molar refractivity (Wildman–Crippen MR) is 127 cm³/mol. The number of nitrogens with one attached hydrogen (secondary N) is 3. The van der Waals surface area contributed by atoms with Crippen molar-refractivity contribution in [2.75, 3.05) is 23.3 Å². The summed E-state index contributed by atoms with van der Waals surface area (Å²) in [4.78, 5) is 17.9. The van der Waals surface area contributed by atoms with Crippen LogP contribution in [0.15, 0.2) is 36.5 Å². The maximum Gasteiger partial charge on any atom is 0.321 e. The first kappa shape index (κ1) is 25.4. The van der Waals surface area contributed by atoms with Gasteiger partial charge in [0, 0.05) is 36.3 Å². The molecule has 11 heteroatoms. The maximum atomic E-state index is 13.6. The quantitative estimate of drug-likeness (QED) is 0.348. The third-order valence-electron chi connectivity index (χ3n) is 6.57. The molecular formula is C25H26F4N6O. The number of nitriles is 1. The van der Waals surface area contributed by atoms with Gasteiger partial charge in [0.25, 0.3) is 11.8 Å². The normalized spacial score (nSPS) is 19.3. The van der Waals surface area contributed by atoms with Crippen molar-refractivity contribution < 1.29 is 22.4 Å². The summed E-state index contributed by atoms with van der Waals surface area (Å²) >= 11 is 0. The minimum atomic E-state index is -3.58. The molecule has 36 heavy (non-hydrogen) atoms. The number of hydrogen-bond acceptors (Lipinski definition) is 6. The summed E-state index contributed by atoms with van der Waals surface area (Å²) in [5.74, 6) is -7.76. The molecule has 3 N–H and O–H groups in total. The number of alkyl halides is 4. The molecule has 2 fully saturated rings. The fourth-order valence-corrected chi connectivity index (χ4v) is 4.20. The van der Waals surface area contributed by atoms with E-state index in [1.54, 1.807) is 37.3 Å². The number of pyridine rings is 1. The highest BCUT2D eigenvalue weighted by Crippen LogP contribution is 2.46. The number of rotatable bonds is 9. The van der Waals surface area contributed by atoms with Gasteiger partial charge in [-0.25, -0.2) is 8.78 Å². The highest BCUT2D eigenvalue weighted by Gasteiger charge is 2.46. The Morgan fingerprint density at radius 1 is 1.28 bits per heavy atom. The molecule has 7 nitrogen and oxygen atoms in total. The molecule has 1 aromatic carbocycles. The number of halogens is 4. The second-order valence-electron chi connectivity index (χ2n) is 9.57. The number of hydrogen-bond donors (Lipinski definition) is 3. The van der Waals surface area contributed by atoms with Gasteiger partial charge in [0.15, 0.2) is 0 Å². The van der Waals surface area contributed by atoms with Gasteiger partial charge >= 0.3 is 5.92 Å². The van der Waals surface area contributed by atoms with E-state index in [1.165, 1.54) is 11.1 Å². The molecule has 1 amide bonds. The van der Waals surface area contributed by atoms with Crippen LogP contribution in [0, 0.1) is 16.7 Å². The fraction of sp³-hybridized carbons (Fsp3) is 0.440. The van der Waals surface area contributed by atoms with Crippen molar-refractivity contribution in [2.24, 2.45) is 0 Å². The number of benzene rings is 1. The zero-order valence-corrected chi connectivity index (χ0v) is 19.8. The molecule has 4 rings (SSSR count). The first-order valence-corrected chi connectivity index (χ1v) is 11.5. The number of anilines is 2. The van der Waals surface area contributed by atoms with Crippen molar-refractivity contribution in [3.63, 3.8) is 0 Å². The third-order valence-corrected chi connectivity index (χ3v) is 6.57. The number of carbonyl (C=O) groups excluding carboxylic acids is 1. The van der Waals surface area contributed by atoms with Gasteiger partial charge in [-0.3, -0.25) is 9.78 Å². The Bertz CT molecular complexity index is 1190. The maximum absolute atomic E-state index is 13.6. The predicted octanol–water partition coefficient (Wildman–Crippen LogP) is 4.40. The molecule has 0 bridgehead atoms. The Labute approximate surface area is 206 Å². The van der Waals surface area contributed by atoms with E-state index in [9.17, 15) is 27.6 Å². The van der Waals surface area contributed by atoms with Crippen molar-refractivity contribution in [1.82, 2.24) is 10.3 Å². The van der Waals surface area contributed by atoms with E-state index in [4.69, 9.17) is 5.41 Å². The van der Waals surface area contributed by atoms with E-state index < -0.39 is 48.3 Å². The summed E-state index contributed by atoms with van der Waals surface area (Å²) < 4.78 is 53.7. The Morgan fingerprint density at radius 2 is 1.97 bits per heavy atom. The Balaban J connectivity index is 1.62. The highest BCUT2D eigenvalue weighted by atomic mass is 19.3. The van der Waals surface area contributed by atoms with Gasteiger partial charge in [0.1, 0.15) is 0 Å². The first-order valence-electron chi connectivity index (χ1n) is 11.5. The molecule has 1 saturated heterocycles. The summed E-state index contributed by atoms with van der Waals surface area (Å²) in [6, 6.07) is 9.01. The van der Waals surface area contributed by atoms with Gasteiger partial charge in [0.2, 0.25) is 0 Å². The van der Waals surface area contributed by atoms with Crippen LogP contribution in [0.5, 0.6) is 0 Å². The summed E-state index contributed by atoms with van der Waals surface area (Å²) in [6.45, 7) is 1.26. The van der Waals surface area contributed by atoms with Crippen LogP contribution >= 0.6 is 0 Å². The molecule has 1 saturated carbocycles. The van der Waals surface area contributed by atoms with Crippen LogP contribution in [0.25, 0.3) is 0 Å². The molecule has 2 heterocycles. The molecule has 0 spiro atoms. The average molecular weight is 503 g/mol. The summed E-state index contributed by atoms with van der Waals surface area (Å²) in [5, 5.41) is 22.8. The van der Waals surface area contributed by atoms with E-state index in [0.717, 1.165) is 6.21 Å². The Kier molecular flexibility index (Phi) is 6.41. The molecule has 190 valence electrons. The second-order valence-corrected chi connectivity index (χ2v) is 9.57. The van der Waals surface area contributed by atoms with Gasteiger partial charge in [-0.2, -0.15) is 14.0 Å². The van der Waals surface area contributed by atoms with Crippen molar-refractivity contribution >= 4 is 23.5 Å². The van der Waals surface area contributed by atoms with Crippen molar-refractivity contribution in [3.05, 3.63) is 53.3 Å². The highest BCUT2D eigenvalue weighted by molar-refractivity contribution is 5.88. The smallest absolute Gasteiger partial charge is 0.321 e. The SMILES string of the molecule is CC(NC(=O)C(C)(F)F)[C@H](Nc1ccc(N2CC(F)(F)C2)cc1C=N)c1ccc(C2(C#N)CC2)nc1. The number of amides is 1. The van der Waals surface area contributed by atoms with Crippen molar-refractivity contribution in [3.8, 4) is 6.07 Å². The lowest BCUT2D eigenvalue weighted by Crippen LogP contribution is -2.56. The molecular weight excluding hydrogens is 476 g/mol. The monoisotopic (exact) mass is 502 g/mol. The van der Waals surface area contributed by atoms with E-state index in [-0.39, 0.29) is 0 Å². The minimum Gasteiger partial charge on any atom is -0.376 e. The molecule has 0 radical (unpaired) electrons. The standard InChI is InChI=1S/C25H26F4N6O/c1-15(33-22(36)23(2,26)27)21(16-3-6-20(32-11-16)24(12-31)7-8-24)34-19-5-4-18(9-17(19)10-30)35-13-25(28,29)14-35/h3-6,9-11,15,21,30,34H,7-8,13-14H2,1-2H3,(H,33,36)/t15?,21-/m0/s1. The summed E-state index contributed by atoms with van der Waals surface area (Å²) in [6.07, 6.45) is 4.04. The van der Waals surface area contributed by atoms with Gasteiger partial charge in [0.05, 0.1) is 42.4 Å². The Hall–Kier alpha value is -3.68. The second kappa shape index (κ2) is 9.08. The van der Waals surface area contributed by atoms with E-state index in [0.29, 0.717) is 48.0 Å². The molecule has 2 atom stereocenters. The van der Waals surface area contributed by atoms with Crippen LogP contribution in [0.4, 0.5) is 28.9 Å². The van der Waals surface area contributed by atoms with Crippen LogP contribution in [-0.2, 0) is 10.2 Å². The largest absolute Gasteiger partial charge is 0.376 e. The summed E-state index contributed by atoms with van der Waals surface area (Å²) in [5.41, 5.74) is 1.99. The molecule has 2 aliphatic rings. The lowest BCUT2D eigenvalue weighted by atomic mass is 9.97. The van der Waals surface area contributed by atoms with Gasteiger partial charge < -0.3 is 20.9 Å². The zero-order valence-electron chi connectivity index (χ0n) is 19.8. The van der Waals surface area contributed by atoms with E-state index in [1.807, 2.05) is 0 Å². The van der Waals surface area contributed by atoms with E-state index >= 15 is 0 Å². The van der Waals surface area contributed by atoms with Gasteiger partial charge in [-0.1, -0.05) is 6.07 Å². The lowest BCUT2D eigenvalue weighted by Gasteiger charge is -2.40. The van der Waals surface area contributed by atoms with Crippen LogP contribution in [0.2, 0.25) is 0 Å². The molecule has 1 aliphatic heterocycles. The third kappa shape index (κ3) is 5.12. The number of carbonyl (C=O) groups is 1. The summed E-state index contributed by atoms with van der Waals surface area (Å²) in [7, 11) is 0. The van der Waals surface area contributed by atoms with Crippen molar-refractivity contribution in [1.29, 1.82) is 10.7 Å². The fourth-order valence-electron chi connectivity index (χ4n) is 4.20. The van der Waals surface area contributed by atoms with Crippen LogP contribution in [-0.4, -0.2) is 48.1 Å². The van der Waals surface area contributed by atoms with Gasteiger partial charge in [-0.05, 0) is 49.6 Å². The van der Waals surface area contributed by atoms with Gasteiger partial charge in [-0.15, -0.1) is 0 Å². The topological polar surface area (TPSA) is 105 Å². The lowest BCUT2D eigenvalue weighted by molar-refractivity contribution is -0.143. The van der Waals surface area contributed by atoms with Crippen molar-refractivity contribution in [2.45, 2.75) is 56.0 Å². The van der Waals surface area contributed by atoms with Crippen LogP contribution < -0.4 is 15.5 Å².